The molecule has 0 unspecified atom stereocenters. The number of nitrogens with one attached hydrogen (secondary N) is 1. The van der Waals surface area contributed by atoms with Crippen LogP contribution in [0.1, 0.15) is 18.4 Å². The highest BCUT2D eigenvalue weighted by Crippen LogP contribution is 2.29. The second-order valence-corrected chi connectivity index (χ2v) is 4.53. The summed E-state index contributed by atoms with van der Waals surface area (Å²) in [5, 5.41) is 5.72. The number of hydrogen-bond donors (Lipinski definition) is 1. The third-order valence-corrected chi connectivity index (χ3v) is 3.32. The van der Waals surface area contributed by atoms with Crippen LogP contribution in [0.2, 0.25) is 0 Å². The van der Waals surface area contributed by atoms with Gasteiger partial charge in [-0.3, -0.25) is 0 Å². The largest absolute Gasteiger partial charge is 0.496 e. The summed E-state index contributed by atoms with van der Waals surface area (Å²) >= 11 is 0. The molecule has 18 heavy (non-hydrogen) atoms. The molecule has 0 bridgehead atoms. The molecule has 2 aromatic carbocycles. The van der Waals surface area contributed by atoms with E-state index in [1.54, 1.807) is 7.11 Å². The maximum Gasteiger partial charge on any atom is 0.126 e. The first-order valence-electron chi connectivity index (χ1n) is 6.56. The highest BCUT2D eigenvalue weighted by Gasteiger charge is 2.05. The summed E-state index contributed by atoms with van der Waals surface area (Å²) in [6, 6.07) is 12.8. The van der Waals surface area contributed by atoms with Gasteiger partial charge in [0.25, 0.3) is 0 Å². The molecule has 0 aliphatic carbocycles. The molecule has 0 radical (unpaired) electrons. The Kier molecular flexibility index (Phi) is 4.59. The summed E-state index contributed by atoms with van der Waals surface area (Å²) in [4.78, 5) is 0. The molecular weight excluding hydrogens is 222 g/mol. The lowest BCUT2D eigenvalue weighted by atomic mass is 9.99. The van der Waals surface area contributed by atoms with Crippen LogP contribution in [0.4, 0.5) is 0 Å². The summed E-state index contributed by atoms with van der Waals surface area (Å²) in [5.41, 5.74) is 1.42. The van der Waals surface area contributed by atoms with Crippen LogP contribution in [0.3, 0.4) is 0 Å². The Morgan fingerprint density at radius 2 is 1.78 bits per heavy atom. The minimum absolute atomic E-state index is 0.963. The fourth-order valence-corrected chi connectivity index (χ4v) is 2.35. The number of unbranched alkanes of at least 4 members (excludes halogenated alkanes) is 1. The van der Waals surface area contributed by atoms with Crippen LogP contribution in [0.5, 0.6) is 5.75 Å². The van der Waals surface area contributed by atoms with E-state index in [9.17, 15) is 0 Å². The smallest absolute Gasteiger partial charge is 0.126 e. The van der Waals surface area contributed by atoms with Gasteiger partial charge in [0.2, 0.25) is 0 Å². The fraction of sp³-hybridized carbons (Fsp3) is 0.375. The van der Waals surface area contributed by atoms with Gasteiger partial charge in [0.15, 0.2) is 0 Å². The molecule has 0 atom stereocenters. The standard InChI is InChI=1S/C16H21NO/c1-17-12-6-5-7-13-10-11-16(18-2)15-9-4-3-8-14(13)15/h3-4,8-11,17H,5-7,12H2,1-2H3. The van der Waals surface area contributed by atoms with E-state index in [0.29, 0.717) is 0 Å². The Labute approximate surface area is 109 Å². The topological polar surface area (TPSA) is 21.3 Å². The lowest BCUT2D eigenvalue weighted by Crippen LogP contribution is -2.07. The van der Waals surface area contributed by atoms with Gasteiger partial charge in [0, 0.05) is 5.39 Å². The van der Waals surface area contributed by atoms with Crippen LogP contribution in [-0.4, -0.2) is 20.7 Å². The SMILES string of the molecule is CNCCCCc1ccc(OC)c2ccccc12. The van der Waals surface area contributed by atoms with E-state index in [4.69, 9.17) is 4.74 Å². The van der Waals surface area contributed by atoms with Crippen LogP contribution in [-0.2, 0) is 6.42 Å². The number of hydrogen-bond acceptors (Lipinski definition) is 2. The van der Waals surface area contributed by atoms with Gasteiger partial charge in [-0.2, -0.15) is 0 Å². The molecule has 2 nitrogen and oxygen atoms in total. The molecule has 0 saturated carbocycles. The lowest BCUT2D eigenvalue weighted by molar-refractivity contribution is 0.419. The molecule has 0 saturated heterocycles. The maximum absolute atomic E-state index is 5.42. The van der Waals surface area contributed by atoms with E-state index in [-0.39, 0.29) is 0 Å². The predicted molar refractivity (Wildman–Crippen MR) is 77.4 cm³/mol. The van der Waals surface area contributed by atoms with Gasteiger partial charge in [-0.25, -0.2) is 0 Å². The average Bonchev–Trinajstić information content (AvgIpc) is 2.43. The Bertz CT molecular complexity index is 507. The van der Waals surface area contributed by atoms with Crippen molar-refractivity contribution in [2.45, 2.75) is 19.3 Å². The van der Waals surface area contributed by atoms with Crippen LogP contribution in [0.15, 0.2) is 36.4 Å². The van der Waals surface area contributed by atoms with Crippen molar-refractivity contribution in [2.24, 2.45) is 0 Å². The number of rotatable bonds is 6. The number of fused-ring (bicyclic) bond motifs is 1. The van der Waals surface area contributed by atoms with Gasteiger partial charge < -0.3 is 10.1 Å². The Morgan fingerprint density at radius 3 is 2.50 bits per heavy atom. The van der Waals surface area contributed by atoms with Crippen molar-refractivity contribution in [3.63, 3.8) is 0 Å². The van der Waals surface area contributed by atoms with Gasteiger partial charge in [-0.05, 0) is 49.9 Å². The third-order valence-electron chi connectivity index (χ3n) is 3.32. The first kappa shape index (κ1) is 12.9. The Hall–Kier alpha value is -1.54. The van der Waals surface area contributed by atoms with E-state index >= 15 is 0 Å². The monoisotopic (exact) mass is 243 g/mol. The summed E-state index contributed by atoms with van der Waals surface area (Å²) < 4.78 is 5.42. The van der Waals surface area contributed by atoms with Crippen molar-refractivity contribution in [2.75, 3.05) is 20.7 Å². The summed E-state index contributed by atoms with van der Waals surface area (Å²) in [6.45, 7) is 1.09. The van der Waals surface area contributed by atoms with Gasteiger partial charge in [0.05, 0.1) is 7.11 Å². The van der Waals surface area contributed by atoms with Crippen molar-refractivity contribution in [3.05, 3.63) is 42.0 Å². The van der Waals surface area contributed by atoms with Crippen LogP contribution in [0.25, 0.3) is 10.8 Å². The van der Waals surface area contributed by atoms with Gasteiger partial charge >= 0.3 is 0 Å². The second-order valence-electron chi connectivity index (χ2n) is 4.53. The summed E-state index contributed by atoms with van der Waals surface area (Å²) in [5.74, 6) is 0.963. The van der Waals surface area contributed by atoms with E-state index in [1.165, 1.54) is 29.2 Å². The summed E-state index contributed by atoms with van der Waals surface area (Å²) in [6.07, 6.45) is 3.57. The lowest BCUT2D eigenvalue weighted by Gasteiger charge is -2.10. The molecule has 0 aliphatic heterocycles. The van der Waals surface area contributed by atoms with Gasteiger partial charge in [-0.15, -0.1) is 0 Å². The third kappa shape index (κ3) is 2.82. The minimum atomic E-state index is 0.963. The molecule has 0 aromatic heterocycles. The molecule has 0 aliphatic rings. The quantitative estimate of drug-likeness (QED) is 0.785. The molecule has 0 spiro atoms. The molecule has 2 rings (SSSR count). The Morgan fingerprint density at radius 1 is 1.00 bits per heavy atom. The van der Waals surface area contributed by atoms with Crippen molar-refractivity contribution in [3.8, 4) is 5.75 Å². The van der Waals surface area contributed by atoms with Crippen LogP contribution >= 0.6 is 0 Å². The van der Waals surface area contributed by atoms with Crippen LogP contribution in [0, 0.1) is 0 Å². The number of aryl methyl sites for hydroxylation is 1. The number of ether oxygens (including phenoxy) is 1. The zero-order valence-electron chi connectivity index (χ0n) is 11.2. The van der Waals surface area contributed by atoms with Crippen LogP contribution < -0.4 is 10.1 Å². The fourth-order valence-electron chi connectivity index (χ4n) is 2.35. The molecule has 1 N–H and O–H groups in total. The zero-order valence-corrected chi connectivity index (χ0v) is 11.2. The predicted octanol–water partition coefficient (Wildman–Crippen LogP) is 3.39. The van der Waals surface area contributed by atoms with Gasteiger partial charge in [-0.1, -0.05) is 30.3 Å². The molecule has 2 heteroatoms. The van der Waals surface area contributed by atoms with Crippen molar-refractivity contribution < 1.29 is 4.74 Å². The molecular formula is C16H21NO. The zero-order chi connectivity index (χ0) is 12.8. The first-order chi connectivity index (χ1) is 8.86. The van der Waals surface area contributed by atoms with Crippen molar-refractivity contribution in [1.82, 2.24) is 5.32 Å². The van der Waals surface area contributed by atoms with E-state index < -0.39 is 0 Å². The molecule has 0 heterocycles. The Balaban J connectivity index is 2.23. The van der Waals surface area contributed by atoms with Crippen molar-refractivity contribution in [1.29, 1.82) is 0 Å². The van der Waals surface area contributed by atoms with E-state index in [0.717, 1.165) is 18.7 Å². The van der Waals surface area contributed by atoms with E-state index in [1.807, 2.05) is 7.05 Å². The van der Waals surface area contributed by atoms with E-state index in [2.05, 4.69) is 41.7 Å². The first-order valence-corrected chi connectivity index (χ1v) is 6.56. The normalized spacial score (nSPS) is 10.8. The van der Waals surface area contributed by atoms with Gasteiger partial charge in [0.1, 0.15) is 5.75 Å². The molecule has 2 aromatic rings. The molecule has 0 amide bonds. The molecule has 96 valence electrons. The molecule has 0 fully saturated rings. The average molecular weight is 243 g/mol. The highest BCUT2D eigenvalue weighted by atomic mass is 16.5. The number of benzene rings is 2. The highest BCUT2D eigenvalue weighted by molar-refractivity contribution is 5.91. The van der Waals surface area contributed by atoms with Crippen molar-refractivity contribution >= 4 is 10.8 Å². The second kappa shape index (κ2) is 6.41. The minimum Gasteiger partial charge on any atom is -0.496 e. The number of methoxy groups -OCH3 is 1. The maximum atomic E-state index is 5.42. The summed E-state index contributed by atoms with van der Waals surface area (Å²) in [7, 11) is 3.73.